The summed E-state index contributed by atoms with van der Waals surface area (Å²) in [5.74, 6) is 0. The Bertz CT molecular complexity index is 1030. The second-order valence-electron chi connectivity index (χ2n) is 6.07. The van der Waals surface area contributed by atoms with E-state index < -0.39 is 11.7 Å². The second kappa shape index (κ2) is 6.33. The molecule has 0 aliphatic carbocycles. The van der Waals surface area contributed by atoms with Crippen LogP contribution in [-0.4, -0.2) is 9.38 Å². The molecular formula is C21H15F3N2. The fraction of sp³-hybridized carbons (Fsp3) is 0.0952. The molecule has 26 heavy (non-hydrogen) atoms. The summed E-state index contributed by atoms with van der Waals surface area (Å²) >= 11 is 0. The fourth-order valence-corrected chi connectivity index (χ4v) is 3.05. The predicted octanol–water partition coefficient (Wildman–Crippen LogP) is 5.61. The summed E-state index contributed by atoms with van der Waals surface area (Å²) in [7, 11) is 0. The summed E-state index contributed by atoms with van der Waals surface area (Å²) in [6.45, 7) is 0. The number of fused-ring (bicyclic) bond motifs is 1. The highest BCUT2D eigenvalue weighted by molar-refractivity contribution is 5.67. The summed E-state index contributed by atoms with van der Waals surface area (Å²) in [6.07, 6.45) is -1.78. The molecule has 0 atom stereocenters. The van der Waals surface area contributed by atoms with Crippen LogP contribution in [0.2, 0.25) is 0 Å². The number of imidazole rings is 1. The van der Waals surface area contributed by atoms with Gasteiger partial charge in [0, 0.05) is 18.2 Å². The van der Waals surface area contributed by atoms with Crippen LogP contribution in [0.25, 0.3) is 16.9 Å². The Balaban J connectivity index is 1.83. The van der Waals surface area contributed by atoms with Crippen molar-refractivity contribution in [2.24, 2.45) is 0 Å². The summed E-state index contributed by atoms with van der Waals surface area (Å²) in [6, 6.07) is 20.8. The second-order valence-corrected chi connectivity index (χ2v) is 6.07. The quantitative estimate of drug-likeness (QED) is 0.468. The van der Waals surface area contributed by atoms with E-state index in [0.717, 1.165) is 29.0 Å². The van der Waals surface area contributed by atoms with Gasteiger partial charge in [-0.3, -0.25) is 0 Å². The lowest BCUT2D eigenvalue weighted by Crippen LogP contribution is -2.04. The van der Waals surface area contributed by atoms with E-state index in [4.69, 9.17) is 0 Å². The average Bonchev–Trinajstić information content (AvgIpc) is 3.01. The van der Waals surface area contributed by atoms with Gasteiger partial charge in [-0.2, -0.15) is 13.2 Å². The molecule has 0 saturated heterocycles. The number of nitrogens with zero attached hydrogens (tertiary/aromatic N) is 2. The van der Waals surface area contributed by atoms with Crippen LogP contribution in [0.3, 0.4) is 0 Å². The summed E-state index contributed by atoms with van der Waals surface area (Å²) in [5.41, 5.74) is 3.56. The largest absolute Gasteiger partial charge is 0.416 e. The molecule has 5 heteroatoms. The molecule has 2 aromatic carbocycles. The number of benzene rings is 2. The van der Waals surface area contributed by atoms with Crippen LogP contribution in [0.4, 0.5) is 13.2 Å². The molecule has 2 aromatic heterocycles. The lowest BCUT2D eigenvalue weighted by Gasteiger charge is -2.08. The summed E-state index contributed by atoms with van der Waals surface area (Å²) in [4.78, 5) is 4.65. The summed E-state index contributed by atoms with van der Waals surface area (Å²) < 4.78 is 40.5. The van der Waals surface area contributed by atoms with Gasteiger partial charge in [0.15, 0.2) is 0 Å². The zero-order chi connectivity index (χ0) is 18.1. The van der Waals surface area contributed by atoms with E-state index in [1.54, 1.807) is 0 Å². The SMILES string of the molecule is FC(F)(F)c1ccc(-c2nc3ccccn3c2Cc2ccccc2)cc1. The van der Waals surface area contributed by atoms with Gasteiger partial charge in [-0.05, 0) is 29.8 Å². The molecule has 0 aliphatic rings. The number of aromatic nitrogens is 2. The third-order valence-electron chi connectivity index (χ3n) is 4.33. The molecule has 0 radical (unpaired) electrons. The van der Waals surface area contributed by atoms with Crippen molar-refractivity contribution in [3.63, 3.8) is 0 Å². The van der Waals surface area contributed by atoms with Crippen LogP contribution in [0.5, 0.6) is 0 Å². The average molecular weight is 352 g/mol. The highest BCUT2D eigenvalue weighted by Gasteiger charge is 2.30. The molecule has 0 N–H and O–H groups in total. The molecular weight excluding hydrogens is 337 g/mol. The molecule has 130 valence electrons. The van der Waals surface area contributed by atoms with Crippen molar-refractivity contribution < 1.29 is 13.2 Å². The molecule has 0 unspecified atom stereocenters. The van der Waals surface area contributed by atoms with E-state index in [9.17, 15) is 13.2 Å². The molecule has 4 aromatic rings. The van der Waals surface area contributed by atoms with Crippen molar-refractivity contribution in [1.82, 2.24) is 9.38 Å². The zero-order valence-corrected chi connectivity index (χ0v) is 13.7. The van der Waals surface area contributed by atoms with E-state index in [0.29, 0.717) is 17.7 Å². The van der Waals surface area contributed by atoms with Crippen molar-refractivity contribution >= 4 is 5.65 Å². The molecule has 2 heterocycles. The molecule has 4 rings (SSSR count). The number of hydrogen-bond acceptors (Lipinski definition) is 1. The van der Waals surface area contributed by atoms with E-state index in [-0.39, 0.29) is 0 Å². The van der Waals surface area contributed by atoms with Crippen molar-refractivity contribution in [2.45, 2.75) is 12.6 Å². The highest BCUT2D eigenvalue weighted by atomic mass is 19.4. The van der Waals surface area contributed by atoms with Crippen LogP contribution >= 0.6 is 0 Å². The van der Waals surface area contributed by atoms with E-state index in [2.05, 4.69) is 4.98 Å². The number of halogens is 3. The van der Waals surface area contributed by atoms with Crippen LogP contribution in [0.1, 0.15) is 16.8 Å². The van der Waals surface area contributed by atoms with Crippen molar-refractivity contribution in [3.8, 4) is 11.3 Å². The van der Waals surface area contributed by atoms with E-state index in [1.165, 1.54) is 12.1 Å². The first-order chi connectivity index (χ1) is 12.5. The first kappa shape index (κ1) is 16.4. The van der Waals surface area contributed by atoms with Crippen LogP contribution < -0.4 is 0 Å². The van der Waals surface area contributed by atoms with Crippen molar-refractivity contribution in [3.05, 3.63) is 95.8 Å². The molecule has 0 aliphatic heterocycles. The van der Waals surface area contributed by atoms with Gasteiger partial charge in [-0.15, -0.1) is 0 Å². The number of rotatable bonds is 3. The van der Waals surface area contributed by atoms with E-state index in [1.807, 2.05) is 59.1 Å². The predicted molar refractivity (Wildman–Crippen MR) is 94.9 cm³/mol. The Morgan fingerprint density at radius 2 is 1.50 bits per heavy atom. The molecule has 0 saturated carbocycles. The Hall–Kier alpha value is -3.08. The Labute approximate surface area is 148 Å². The monoisotopic (exact) mass is 352 g/mol. The van der Waals surface area contributed by atoms with Crippen molar-refractivity contribution in [2.75, 3.05) is 0 Å². The van der Waals surface area contributed by atoms with Crippen LogP contribution in [0.15, 0.2) is 79.0 Å². The molecule has 2 nitrogen and oxygen atoms in total. The number of hydrogen-bond donors (Lipinski definition) is 0. The first-order valence-corrected chi connectivity index (χ1v) is 8.20. The minimum Gasteiger partial charge on any atom is -0.303 e. The molecule has 0 spiro atoms. The normalized spacial score (nSPS) is 11.8. The van der Waals surface area contributed by atoms with Gasteiger partial charge < -0.3 is 4.40 Å². The van der Waals surface area contributed by atoms with E-state index >= 15 is 0 Å². The van der Waals surface area contributed by atoms with Crippen molar-refractivity contribution in [1.29, 1.82) is 0 Å². The van der Waals surface area contributed by atoms with Crippen LogP contribution in [-0.2, 0) is 12.6 Å². The maximum atomic E-state index is 12.8. The zero-order valence-electron chi connectivity index (χ0n) is 13.7. The third-order valence-corrected chi connectivity index (χ3v) is 4.33. The van der Waals surface area contributed by atoms with Gasteiger partial charge >= 0.3 is 6.18 Å². The third kappa shape index (κ3) is 3.08. The smallest absolute Gasteiger partial charge is 0.303 e. The first-order valence-electron chi connectivity index (χ1n) is 8.20. The molecule has 0 amide bonds. The van der Waals surface area contributed by atoms with Gasteiger partial charge in [0.2, 0.25) is 0 Å². The fourth-order valence-electron chi connectivity index (χ4n) is 3.05. The summed E-state index contributed by atoms with van der Waals surface area (Å²) in [5, 5.41) is 0. The lowest BCUT2D eigenvalue weighted by molar-refractivity contribution is -0.137. The standard InChI is InChI=1S/C21H15F3N2/c22-21(23,24)17-11-9-16(10-12-17)20-18(14-15-6-2-1-3-7-15)26-13-5-4-8-19(26)25-20/h1-13H,14H2. The Kier molecular flexibility index (Phi) is 3.99. The lowest BCUT2D eigenvalue weighted by atomic mass is 10.0. The molecule has 0 bridgehead atoms. The topological polar surface area (TPSA) is 17.3 Å². The maximum absolute atomic E-state index is 12.8. The van der Waals surface area contributed by atoms with Gasteiger partial charge in [-0.25, -0.2) is 4.98 Å². The van der Waals surface area contributed by atoms with Gasteiger partial charge in [-0.1, -0.05) is 48.5 Å². The minimum absolute atomic E-state index is 0.641. The Morgan fingerprint density at radius 3 is 2.19 bits per heavy atom. The number of pyridine rings is 1. The minimum atomic E-state index is -4.34. The molecule has 0 fully saturated rings. The highest BCUT2D eigenvalue weighted by Crippen LogP contribution is 2.32. The van der Waals surface area contributed by atoms with Gasteiger partial charge in [0.25, 0.3) is 0 Å². The maximum Gasteiger partial charge on any atom is 0.416 e. The van der Waals surface area contributed by atoms with Gasteiger partial charge in [0.05, 0.1) is 17.0 Å². The number of alkyl halides is 3. The van der Waals surface area contributed by atoms with Gasteiger partial charge in [0.1, 0.15) is 5.65 Å². The Morgan fingerprint density at radius 1 is 0.808 bits per heavy atom. The van der Waals surface area contributed by atoms with Crippen LogP contribution in [0, 0.1) is 0 Å².